The average molecular weight is 423 g/mol. The first kappa shape index (κ1) is 14.0. The molecule has 0 bridgehead atoms. The first-order valence-electron chi connectivity index (χ1n) is 5.52. The van der Waals surface area contributed by atoms with Crippen LogP contribution >= 0.6 is 46.4 Å². The number of nitrogens with one attached hydrogen (secondary N) is 1. The highest BCUT2D eigenvalue weighted by atomic mass is 127. The lowest BCUT2D eigenvalue weighted by atomic mass is 10.2. The molecule has 0 spiro atoms. The van der Waals surface area contributed by atoms with Gasteiger partial charge < -0.3 is 4.98 Å². The third-order valence-corrected chi connectivity index (χ3v) is 4.16. The van der Waals surface area contributed by atoms with Crippen LogP contribution in [-0.2, 0) is 0 Å². The summed E-state index contributed by atoms with van der Waals surface area (Å²) in [5.74, 6) is -0.835. The van der Waals surface area contributed by atoms with E-state index in [1.54, 1.807) is 16.7 Å². The van der Waals surface area contributed by atoms with Gasteiger partial charge in [0.15, 0.2) is 4.77 Å². The van der Waals surface area contributed by atoms with Crippen molar-refractivity contribution in [3.8, 4) is 5.69 Å². The van der Waals surface area contributed by atoms with Crippen molar-refractivity contribution in [3.05, 3.63) is 55.3 Å². The lowest BCUT2D eigenvalue weighted by Gasteiger charge is -2.06. The fourth-order valence-corrected chi connectivity index (χ4v) is 3.02. The fourth-order valence-electron chi connectivity index (χ4n) is 2.03. The van der Waals surface area contributed by atoms with Crippen LogP contribution in [0.15, 0.2) is 30.3 Å². The molecule has 3 aromatic rings. The molecule has 1 N–H and O–H groups in total. The second-order valence-corrected chi connectivity index (χ2v) is 6.16. The van der Waals surface area contributed by atoms with Gasteiger partial charge in [0, 0.05) is 11.1 Å². The van der Waals surface area contributed by atoms with Crippen LogP contribution in [0.3, 0.4) is 0 Å². The molecule has 0 saturated heterocycles. The molecule has 0 radical (unpaired) electrons. The van der Waals surface area contributed by atoms with E-state index in [1.165, 1.54) is 18.2 Å². The van der Waals surface area contributed by atoms with Crippen molar-refractivity contribution in [2.24, 2.45) is 0 Å². The van der Waals surface area contributed by atoms with Gasteiger partial charge in [-0.05, 0) is 59.1 Å². The van der Waals surface area contributed by atoms with E-state index < -0.39 is 5.82 Å². The summed E-state index contributed by atoms with van der Waals surface area (Å²) in [6, 6.07) is 7.09. The van der Waals surface area contributed by atoms with Crippen molar-refractivity contribution in [2.45, 2.75) is 0 Å². The fraction of sp³-hybridized carbons (Fsp3) is 0. The number of aromatic nitrogens is 2. The summed E-state index contributed by atoms with van der Waals surface area (Å²) in [7, 11) is 0. The van der Waals surface area contributed by atoms with E-state index in [1.807, 2.05) is 22.6 Å². The Bertz CT molecular complexity index is 868. The van der Waals surface area contributed by atoms with Crippen LogP contribution in [0.4, 0.5) is 8.78 Å². The Morgan fingerprint density at radius 3 is 2.60 bits per heavy atom. The normalized spacial score (nSPS) is 11.2. The molecule has 2 nitrogen and oxygen atoms in total. The topological polar surface area (TPSA) is 20.7 Å². The molecule has 1 heterocycles. The zero-order chi connectivity index (χ0) is 14.4. The average Bonchev–Trinajstić information content (AvgIpc) is 2.64. The number of aromatic amines is 1. The molecule has 0 amide bonds. The second kappa shape index (κ2) is 5.09. The van der Waals surface area contributed by atoms with Crippen LogP contribution in [0.5, 0.6) is 0 Å². The monoisotopic (exact) mass is 422 g/mol. The summed E-state index contributed by atoms with van der Waals surface area (Å²) >= 11 is 13.0. The van der Waals surface area contributed by atoms with Crippen LogP contribution < -0.4 is 0 Å². The van der Waals surface area contributed by atoms with Crippen LogP contribution in [0.25, 0.3) is 16.7 Å². The molecule has 102 valence electrons. The van der Waals surface area contributed by atoms with Crippen molar-refractivity contribution < 1.29 is 8.78 Å². The summed E-state index contributed by atoms with van der Waals surface area (Å²) in [6.07, 6.45) is 0. The maximum Gasteiger partial charge on any atom is 0.182 e. The molecule has 0 aliphatic heterocycles. The predicted molar refractivity (Wildman–Crippen MR) is 86.1 cm³/mol. The summed E-state index contributed by atoms with van der Waals surface area (Å²) < 4.78 is 29.6. The van der Waals surface area contributed by atoms with Gasteiger partial charge in [-0.15, -0.1) is 0 Å². The highest BCUT2D eigenvalue weighted by molar-refractivity contribution is 14.1. The van der Waals surface area contributed by atoms with Crippen LogP contribution in [-0.4, -0.2) is 9.55 Å². The Kier molecular flexibility index (Phi) is 3.55. The molecule has 0 atom stereocenters. The summed E-state index contributed by atoms with van der Waals surface area (Å²) in [5.41, 5.74) is 1.67. The molecule has 1 aromatic heterocycles. The van der Waals surface area contributed by atoms with Crippen molar-refractivity contribution in [2.75, 3.05) is 0 Å². The van der Waals surface area contributed by atoms with Crippen molar-refractivity contribution in [3.63, 3.8) is 0 Å². The molecule has 0 saturated carbocycles. The van der Waals surface area contributed by atoms with Gasteiger partial charge in [-0.1, -0.05) is 11.6 Å². The zero-order valence-corrected chi connectivity index (χ0v) is 13.5. The van der Waals surface area contributed by atoms with E-state index in [0.29, 0.717) is 25.1 Å². The number of hydrogen-bond acceptors (Lipinski definition) is 1. The maximum atomic E-state index is 13.7. The Balaban J connectivity index is 2.38. The Morgan fingerprint density at radius 2 is 1.90 bits per heavy atom. The van der Waals surface area contributed by atoms with Crippen LogP contribution in [0.1, 0.15) is 0 Å². The van der Waals surface area contributed by atoms with E-state index in [-0.39, 0.29) is 10.8 Å². The lowest BCUT2D eigenvalue weighted by molar-refractivity contribution is 0.621. The summed E-state index contributed by atoms with van der Waals surface area (Å²) in [4.78, 5) is 2.97. The second-order valence-electron chi connectivity index (χ2n) is 4.18. The van der Waals surface area contributed by atoms with Gasteiger partial charge in [0.1, 0.15) is 11.6 Å². The number of fused-ring (bicyclic) bond motifs is 1. The van der Waals surface area contributed by atoms with Gasteiger partial charge in [-0.2, -0.15) is 0 Å². The molecule has 0 aliphatic carbocycles. The first-order chi connectivity index (χ1) is 9.45. The van der Waals surface area contributed by atoms with Crippen molar-refractivity contribution >= 4 is 57.4 Å². The first-order valence-corrected chi connectivity index (χ1v) is 7.38. The Hall–Kier alpha value is -0.990. The third-order valence-electron chi connectivity index (χ3n) is 2.83. The molecule has 0 fully saturated rings. The number of benzene rings is 2. The van der Waals surface area contributed by atoms with Crippen molar-refractivity contribution in [1.82, 2.24) is 9.55 Å². The summed E-state index contributed by atoms with van der Waals surface area (Å²) in [5, 5.41) is 0.252. The van der Waals surface area contributed by atoms with E-state index in [4.69, 9.17) is 23.8 Å². The largest absolute Gasteiger partial charge is 0.330 e. The minimum Gasteiger partial charge on any atom is -0.330 e. The van der Waals surface area contributed by atoms with E-state index in [9.17, 15) is 8.78 Å². The lowest BCUT2D eigenvalue weighted by Crippen LogP contribution is -1.95. The Morgan fingerprint density at radius 1 is 1.15 bits per heavy atom. The van der Waals surface area contributed by atoms with Gasteiger partial charge in [0.2, 0.25) is 0 Å². The van der Waals surface area contributed by atoms with Crippen LogP contribution in [0.2, 0.25) is 5.02 Å². The minimum atomic E-state index is -0.477. The third kappa shape index (κ3) is 2.36. The summed E-state index contributed by atoms with van der Waals surface area (Å²) in [6.45, 7) is 0. The quantitative estimate of drug-likeness (QED) is 0.421. The maximum absolute atomic E-state index is 13.7. The van der Waals surface area contributed by atoms with Crippen molar-refractivity contribution in [1.29, 1.82) is 0 Å². The molecular weight excluding hydrogens is 417 g/mol. The molecule has 0 aliphatic rings. The molecular formula is C13H6ClF2IN2S. The SMILES string of the molecule is Fc1cc(Cl)cc(-n2c(=S)[nH]c3cc(I)c(F)cc32)c1. The van der Waals surface area contributed by atoms with E-state index >= 15 is 0 Å². The van der Waals surface area contributed by atoms with Gasteiger partial charge in [-0.3, -0.25) is 4.57 Å². The van der Waals surface area contributed by atoms with Crippen LogP contribution in [0, 0.1) is 20.0 Å². The van der Waals surface area contributed by atoms with E-state index in [0.717, 1.165) is 0 Å². The minimum absolute atomic E-state index is 0.252. The highest BCUT2D eigenvalue weighted by Crippen LogP contribution is 2.25. The molecule has 3 rings (SSSR count). The standard InChI is InChI=1S/C13H6ClF2IN2S/c14-6-1-7(15)3-8(2-6)19-12-4-9(16)10(17)5-11(12)18-13(19)20/h1-5H,(H,18,20). The Labute approximate surface area is 136 Å². The van der Waals surface area contributed by atoms with Gasteiger partial charge in [0.05, 0.1) is 20.3 Å². The molecule has 0 unspecified atom stereocenters. The number of H-pyrrole nitrogens is 1. The van der Waals surface area contributed by atoms with Gasteiger partial charge in [-0.25, -0.2) is 8.78 Å². The zero-order valence-electron chi connectivity index (χ0n) is 9.75. The van der Waals surface area contributed by atoms with Gasteiger partial charge in [0.25, 0.3) is 0 Å². The molecule has 7 heteroatoms. The van der Waals surface area contributed by atoms with E-state index in [2.05, 4.69) is 4.98 Å². The number of nitrogens with zero attached hydrogens (tertiary/aromatic N) is 1. The highest BCUT2D eigenvalue weighted by Gasteiger charge is 2.11. The number of imidazole rings is 1. The van der Waals surface area contributed by atoms with Gasteiger partial charge >= 0.3 is 0 Å². The smallest absolute Gasteiger partial charge is 0.182 e. The predicted octanol–water partition coefficient (Wildman–Crippen LogP) is 5.22. The molecule has 2 aromatic carbocycles. The number of hydrogen-bond donors (Lipinski definition) is 1. The number of rotatable bonds is 1. The molecule has 20 heavy (non-hydrogen) atoms. The number of halogens is 4.